The van der Waals surface area contributed by atoms with Crippen LogP contribution in [0.25, 0.3) is 0 Å². The summed E-state index contributed by atoms with van der Waals surface area (Å²) in [5.41, 5.74) is 4.85. The van der Waals surface area contributed by atoms with Crippen molar-refractivity contribution in [3.05, 3.63) is 33.3 Å². The second-order valence-electron chi connectivity index (χ2n) is 3.83. The second kappa shape index (κ2) is 6.29. The molecule has 0 aliphatic rings. The van der Waals surface area contributed by atoms with Gasteiger partial charge >= 0.3 is 0 Å². The number of nitro groups is 1. The van der Waals surface area contributed by atoms with Crippen molar-refractivity contribution >= 4 is 27.3 Å². The highest BCUT2D eigenvalue weighted by Crippen LogP contribution is 2.27. The van der Waals surface area contributed by atoms with Crippen LogP contribution in [0.5, 0.6) is 0 Å². The Morgan fingerprint density at radius 3 is 2.63 bits per heavy atom. The Bertz CT molecular complexity index is 572. The van der Waals surface area contributed by atoms with E-state index < -0.39 is 31.6 Å². The van der Waals surface area contributed by atoms with E-state index in [-0.39, 0.29) is 11.6 Å². The van der Waals surface area contributed by atoms with E-state index >= 15 is 0 Å². The van der Waals surface area contributed by atoms with Gasteiger partial charge in [-0.1, -0.05) is 18.5 Å². The van der Waals surface area contributed by atoms with E-state index in [1.165, 1.54) is 6.07 Å². The fourth-order valence-corrected chi connectivity index (χ4v) is 3.09. The molecule has 19 heavy (non-hydrogen) atoms. The van der Waals surface area contributed by atoms with Crippen LogP contribution >= 0.6 is 11.6 Å². The number of halogens is 1. The highest BCUT2D eigenvalue weighted by Gasteiger charge is 2.27. The molecule has 1 rings (SSSR count). The van der Waals surface area contributed by atoms with Gasteiger partial charge < -0.3 is 5.73 Å². The summed E-state index contributed by atoms with van der Waals surface area (Å²) in [4.78, 5) is 9.67. The van der Waals surface area contributed by atoms with Crippen molar-refractivity contribution in [3.8, 4) is 0 Å². The van der Waals surface area contributed by atoms with Crippen molar-refractivity contribution in [2.24, 2.45) is 5.73 Å². The number of hydrogen-bond acceptors (Lipinski definition) is 5. The molecular weight excluding hydrogens is 294 g/mol. The molecule has 0 aliphatic carbocycles. The van der Waals surface area contributed by atoms with Crippen molar-refractivity contribution in [1.82, 2.24) is 4.72 Å². The van der Waals surface area contributed by atoms with E-state index in [2.05, 4.69) is 4.72 Å². The minimum Gasteiger partial charge on any atom is -0.329 e. The molecule has 0 aromatic heterocycles. The predicted octanol–water partition coefficient (Wildman–Crippen LogP) is 1.26. The first kappa shape index (κ1) is 15.8. The molecule has 0 fully saturated rings. The predicted molar refractivity (Wildman–Crippen MR) is 71.6 cm³/mol. The number of nitrogens with one attached hydrogen (secondary N) is 1. The maximum atomic E-state index is 12.1. The number of rotatable bonds is 6. The van der Waals surface area contributed by atoms with E-state index in [9.17, 15) is 18.5 Å². The lowest BCUT2D eigenvalue weighted by Crippen LogP contribution is -2.39. The van der Waals surface area contributed by atoms with Crippen LogP contribution in [0.4, 0.5) is 5.69 Å². The SMILES string of the molecule is CCC(CN)NS(=O)(=O)c1ccc(Cl)cc1[N+](=O)[O-]. The molecule has 0 heterocycles. The van der Waals surface area contributed by atoms with Gasteiger partial charge in [0, 0.05) is 23.7 Å². The highest BCUT2D eigenvalue weighted by atomic mass is 35.5. The molecular formula is C10H14ClN3O4S. The van der Waals surface area contributed by atoms with Crippen molar-refractivity contribution in [1.29, 1.82) is 0 Å². The van der Waals surface area contributed by atoms with Crippen molar-refractivity contribution in [3.63, 3.8) is 0 Å². The van der Waals surface area contributed by atoms with E-state index in [0.717, 1.165) is 12.1 Å². The number of benzene rings is 1. The van der Waals surface area contributed by atoms with E-state index in [1.807, 2.05) is 0 Å². The van der Waals surface area contributed by atoms with Gasteiger partial charge in [-0.3, -0.25) is 10.1 Å². The van der Waals surface area contributed by atoms with Crippen LogP contribution in [0, 0.1) is 10.1 Å². The van der Waals surface area contributed by atoms with Gasteiger partial charge in [0.05, 0.1) is 4.92 Å². The van der Waals surface area contributed by atoms with Crippen LogP contribution < -0.4 is 10.5 Å². The monoisotopic (exact) mass is 307 g/mol. The first-order valence-corrected chi connectivity index (χ1v) is 7.34. The van der Waals surface area contributed by atoms with Crippen molar-refractivity contribution in [2.75, 3.05) is 6.54 Å². The summed E-state index contributed by atoms with van der Waals surface area (Å²) in [6, 6.07) is 2.92. The molecule has 0 bridgehead atoms. The molecule has 0 radical (unpaired) electrons. The molecule has 9 heteroatoms. The van der Waals surface area contributed by atoms with E-state index in [1.54, 1.807) is 6.92 Å². The number of nitrogens with zero attached hydrogens (tertiary/aromatic N) is 1. The van der Waals surface area contributed by atoms with Crippen LogP contribution in [0.1, 0.15) is 13.3 Å². The minimum absolute atomic E-state index is 0.0940. The number of nitrogens with two attached hydrogens (primary N) is 1. The third-order valence-electron chi connectivity index (χ3n) is 2.51. The van der Waals surface area contributed by atoms with Gasteiger partial charge in [0.1, 0.15) is 0 Å². The normalized spacial score (nSPS) is 13.2. The van der Waals surface area contributed by atoms with Crippen molar-refractivity contribution < 1.29 is 13.3 Å². The van der Waals surface area contributed by atoms with Crippen LogP contribution in [0.2, 0.25) is 5.02 Å². The standard InChI is InChI=1S/C10H14ClN3O4S/c1-2-8(6-12)13-19(17,18)10-4-3-7(11)5-9(10)14(15)16/h3-5,8,13H,2,6,12H2,1H3. The molecule has 0 aliphatic heterocycles. The van der Waals surface area contributed by atoms with Gasteiger partial charge in [0.15, 0.2) is 4.90 Å². The zero-order valence-electron chi connectivity index (χ0n) is 10.2. The first-order chi connectivity index (χ1) is 8.81. The van der Waals surface area contributed by atoms with Gasteiger partial charge in [-0.25, -0.2) is 13.1 Å². The molecule has 0 saturated heterocycles. The lowest BCUT2D eigenvalue weighted by molar-refractivity contribution is -0.387. The number of nitro benzene ring substituents is 1. The van der Waals surface area contributed by atoms with Gasteiger partial charge in [-0.15, -0.1) is 0 Å². The molecule has 0 spiro atoms. The molecule has 1 aromatic rings. The van der Waals surface area contributed by atoms with Crippen LogP contribution in [0.15, 0.2) is 23.1 Å². The fourth-order valence-electron chi connectivity index (χ4n) is 1.44. The zero-order valence-corrected chi connectivity index (χ0v) is 11.7. The molecule has 106 valence electrons. The molecule has 7 nitrogen and oxygen atoms in total. The minimum atomic E-state index is -4.01. The third kappa shape index (κ3) is 3.87. The summed E-state index contributed by atoms with van der Waals surface area (Å²) < 4.78 is 26.5. The lowest BCUT2D eigenvalue weighted by atomic mass is 10.2. The highest BCUT2D eigenvalue weighted by molar-refractivity contribution is 7.89. The lowest BCUT2D eigenvalue weighted by Gasteiger charge is -2.14. The average molecular weight is 308 g/mol. The molecule has 1 unspecified atom stereocenters. The summed E-state index contributed by atoms with van der Waals surface area (Å²) >= 11 is 5.63. The Morgan fingerprint density at radius 2 is 2.16 bits per heavy atom. The Kier molecular flexibility index (Phi) is 5.24. The maximum Gasteiger partial charge on any atom is 0.290 e. The molecule has 0 saturated carbocycles. The first-order valence-electron chi connectivity index (χ1n) is 5.48. The quantitative estimate of drug-likeness (QED) is 0.606. The Balaban J connectivity index is 3.25. The summed E-state index contributed by atoms with van der Waals surface area (Å²) in [5.74, 6) is 0. The topological polar surface area (TPSA) is 115 Å². The van der Waals surface area contributed by atoms with Gasteiger partial charge in [-0.2, -0.15) is 0 Å². The molecule has 3 N–H and O–H groups in total. The summed E-state index contributed by atoms with van der Waals surface area (Å²) in [6.07, 6.45) is 0.483. The summed E-state index contributed by atoms with van der Waals surface area (Å²) in [7, 11) is -4.01. The smallest absolute Gasteiger partial charge is 0.290 e. The van der Waals surface area contributed by atoms with Crippen LogP contribution in [-0.2, 0) is 10.0 Å². The second-order valence-corrected chi connectivity index (χ2v) is 5.95. The molecule has 1 atom stereocenters. The molecule has 1 aromatic carbocycles. The third-order valence-corrected chi connectivity index (χ3v) is 4.31. The van der Waals surface area contributed by atoms with E-state index in [4.69, 9.17) is 17.3 Å². The Labute approximate surface area is 115 Å². The fraction of sp³-hybridized carbons (Fsp3) is 0.400. The van der Waals surface area contributed by atoms with E-state index in [0.29, 0.717) is 6.42 Å². The van der Waals surface area contributed by atoms with Gasteiger partial charge in [-0.05, 0) is 18.6 Å². The Morgan fingerprint density at radius 1 is 1.53 bits per heavy atom. The number of hydrogen-bond donors (Lipinski definition) is 2. The maximum absolute atomic E-state index is 12.1. The van der Waals surface area contributed by atoms with Gasteiger partial charge in [0.25, 0.3) is 5.69 Å². The number of sulfonamides is 1. The average Bonchev–Trinajstić information content (AvgIpc) is 2.35. The van der Waals surface area contributed by atoms with Gasteiger partial charge in [0.2, 0.25) is 10.0 Å². The summed E-state index contributed by atoms with van der Waals surface area (Å²) in [6.45, 7) is 1.87. The zero-order chi connectivity index (χ0) is 14.6. The van der Waals surface area contributed by atoms with Crippen molar-refractivity contribution in [2.45, 2.75) is 24.3 Å². The van der Waals surface area contributed by atoms with Crippen LogP contribution in [0.3, 0.4) is 0 Å². The largest absolute Gasteiger partial charge is 0.329 e. The Hall–Kier alpha value is -1.22. The summed E-state index contributed by atoms with van der Waals surface area (Å²) in [5, 5.41) is 11.0. The molecule has 0 amide bonds. The van der Waals surface area contributed by atoms with Crippen LogP contribution in [-0.4, -0.2) is 25.9 Å².